The van der Waals surface area contributed by atoms with Crippen LogP contribution in [0.4, 0.5) is 5.69 Å². The monoisotopic (exact) mass is 631 g/mol. The largest absolute Gasteiger partial charge is 0.492 e. The number of sulfonamides is 1. The summed E-state index contributed by atoms with van der Waals surface area (Å²) in [5.74, 6) is -0.556. The molecule has 0 aliphatic heterocycles. The summed E-state index contributed by atoms with van der Waals surface area (Å²) in [5, 5.41) is 3.47. The molecule has 3 aromatic rings. The number of ether oxygens (including phenoxy) is 1. The Balaban J connectivity index is 2.07. The summed E-state index contributed by atoms with van der Waals surface area (Å²) >= 11 is 7.56. The highest BCUT2D eigenvalue weighted by Crippen LogP contribution is 2.33. The molecule has 11 heteroatoms. The number of benzene rings is 3. The second kappa shape index (κ2) is 15.3. The number of para-hydroxylation sites is 2. The van der Waals surface area contributed by atoms with E-state index in [0.717, 1.165) is 21.2 Å². The SMILES string of the molecule is CCOc1ccccc1N(CC(=O)N(Cc1ccc(Cl)cc1)C(C)C(=O)NC(C)CC)S(=O)(=O)c1ccc(SC)cc1. The van der Waals surface area contributed by atoms with Gasteiger partial charge >= 0.3 is 0 Å². The Morgan fingerprint density at radius 1 is 0.976 bits per heavy atom. The molecular formula is C31H38ClN3O5S2. The van der Waals surface area contributed by atoms with Crippen molar-refractivity contribution >= 4 is 50.9 Å². The number of hydrogen-bond acceptors (Lipinski definition) is 6. The number of hydrogen-bond donors (Lipinski definition) is 1. The molecule has 2 amide bonds. The molecule has 0 aliphatic carbocycles. The van der Waals surface area contributed by atoms with Gasteiger partial charge in [-0.2, -0.15) is 0 Å². The summed E-state index contributed by atoms with van der Waals surface area (Å²) < 4.78 is 35.1. The molecule has 0 saturated heterocycles. The van der Waals surface area contributed by atoms with E-state index in [0.29, 0.717) is 17.4 Å². The minimum atomic E-state index is -4.22. The standard InChI is InChI=1S/C31H38ClN3O5S2/c1-6-22(3)33-31(37)23(4)34(20-24-12-14-25(32)15-13-24)30(36)21-35(28-10-8-9-11-29(28)40-7-2)42(38,39)27-18-16-26(41-5)17-19-27/h8-19,22-23H,6-7,20-21H2,1-5H3,(H,33,37). The molecule has 2 unspecified atom stereocenters. The van der Waals surface area contributed by atoms with Crippen molar-refractivity contribution in [1.82, 2.24) is 10.2 Å². The predicted octanol–water partition coefficient (Wildman–Crippen LogP) is 5.99. The topological polar surface area (TPSA) is 96.0 Å². The van der Waals surface area contributed by atoms with E-state index in [1.165, 1.54) is 28.8 Å². The molecule has 226 valence electrons. The molecule has 1 N–H and O–H groups in total. The van der Waals surface area contributed by atoms with Gasteiger partial charge in [0.1, 0.15) is 18.3 Å². The lowest BCUT2D eigenvalue weighted by Crippen LogP contribution is -2.52. The van der Waals surface area contributed by atoms with E-state index < -0.39 is 28.5 Å². The normalized spacial score (nSPS) is 12.7. The van der Waals surface area contributed by atoms with Crippen molar-refractivity contribution in [2.24, 2.45) is 0 Å². The summed E-state index contributed by atoms with van der Waals surface area (Å²) in [6.07, 6.45) is 2.62. The maximum Gasteiger partial charge on any atom is 0.264 e. The van der Waals surface area contributed by atoms with Crippen molar-refractivity contribution in [3.63, 3.8) is 0 Å². The molecule has 0 spiro atoms. The van der Waals surface area contributed by atoms with Crippen LogP contribution in [-0.2, 0) is 26.2 Å². The first-order valence-electron chi connectivity index (χ1n) is 13.7. The minimum absolute atomic E-state index is 0.0335. The second-order valence-corrected chi connectivity index (χ2v) is 12.9. The first-order valence-corrected chi connectivity index (χ1v) is 16.8. The van der Waals surface area contributed by atoms with Gasteiger partial charge in [-0.25, -0.2) is 8.42 Å². The van der Waals surface area contributed by atoms with E-state index in [-0.39, 0.29) is 29.1 Å². The highest BCUT2D eigenvalue weighted by Gasteiger charge is 2.34. The second-order valence-electron chi connectivity index (χ2n) is 9.73. The number of nitrogens with zero attached hydrogens (tertiary/aromatic N) is 2. The number of rotatable bonds is 14. The van der Waals surface area contributed by atoms with Gasteiger partial charge in [0.25, 0.3) is 10.0 Å². The fourth-order valence-corrected chi connectivity index (χ4v) is 6.12. The van der Waals surface area contributed by atoms with Crippen LogP contribution in [0.25, 0.3) is 0 Å². The predicted molar refractivity (Wildman–Crippen MR) is 170 cm³/mol. The number of anilines is 1. The van der Waals surface area contributed by atoms with Crippen molar-refractivity contribution < 1.29 is 22.7 Å². The maximum atomic E-state index is 14.1. The zero-order valence-electron chi connectivity index (χ0n) is 24.5. The van der Waals surface area contributed by atoms with Crippen molar-refractivity contribution in [3.8, 4) is 5.75 Å². The van der Waals surface area contributed by atoms with Gasteiger partial charge < -0.3 is 15.0 Å². The lowest BCUT2D eigenvalue weighted by Gasteiger charge is -2.33. The van der Waals surface area contributed by atoms with E-state index in [2.05, 4.69) is 5.32 Å². The average molecular weight is 632 g/mol. The smallest absolute Gasteiger partial charge is 0.264 e. The first kappa shape index (κ1) is 33.3. The molecule has 0 aliphatic rings. The number of halogens is 1. The van der Waals surface area contributed by atoms with Crippen molar-refractivity contribution in [3.05, 3.63) is 83.4 Å². The van der Waals surface area contributed by atoms with Crippen LogP contribution in [0.3, 0.4) is 0 Å². The van der Waals surface area contributed by atoms with Gasteiger partial charge in [-0.15, -0.1) is 11.8 Å². The third-order valence-corrected chi connectivity index (χ3v) is 9.56. The lowest BCUT2D eigenvalue weighted by atomic mass is 10.1. The van der Waals surface area contributed by atoms with Gasteiger partial charge in [0.05, 0.1) is 17.2 Å². The zero-order chi connectivity index (χ0) is 30.9. The van der Waals surface area contributed by atoms with E-state index in [9.17, 15) is 18.0 Å². The fourth-order valence-electron chi connectivity index (χ4n) is 4.16. The van der Waals surface area contributed by atoms with Crippen LogP contribution < -0.4 is 14.4 Å². The summed E-state index contributed by atoms with van der Waals surface area (Å²) in [4.78, 5) is 29.6. The summed E-state index contributed by atoms with van der Waals surface area (Å²) in [5.41, 5.74) is 0.970. The molecule has 0 aromatic heterocycles. The molecule has 3 rings (SSSR count). The molecule has 2 atom stereocenters. The van der Waals surface area contributed by atoms with Crippen LogP contribution in [0.2, 0.25) is 5.02 Å². The Labute approximate surface area is 258 Å². The third kappa shape index (κ3) is 8.42. The average Bonchev–Trinajstić information content (AvgIpc) is 2.99. The third-order valence-electron chi connectivity index (χ3n) is 6.79. The van der Waals surface area contributed by atoms with Crippen molar-refractivity contribution in [1.29, 1.82) is 0 Å². The van der Waals surface area contributed by atoms with Crippen LogP contribution in [0.5, 0.6) is 5.75 Å². The summed E-state index contributed by atoms with van der Waals surface area (Å²) in [6.45, 7) is 7.11. The Morgan fingerprint density at radius 3 is 2.21 bits per heavy atom. The van der Waals surface area contributed by atoms with Crippen LogP contribution >= 0.6 is 23.4 Å². The number of carbonyl (C=O) groups excluding carboxylic acids is 2. The quantitative estimate of drug-likeness (QED) is 0.220. The number of thioether (sulfide) groups is 1. The Morgan fingerprint density at radius 2 is 1.62 bits per heavy atom. The molecule has 8 nitrogen and oxygen atoms in total. The van der Waals surface area contributed by atoms with Gasteiger partial charge in [-0.3, -0.25) is 13.9 Å². The minimum Gasteiger partial charge on any atom is -0.492 e. The van der Waals surface area contributed by atoms with E-state index in [4.69, 9.17) is 16.3 Å². The molecule has 0 heterocycles. The maximum absolute atomic E-state index is 14.1. The van der Waals surface area contributed by atoms with Crippen LogP contribution in [0.1, 0.15) is 39.7 Å². The number of carbonyl (C=O) groups is 2. The molecular weight excluding hydrogens is 594 g/mol. The summed E-state index contributed by atoms with van der Waals surface area (Å²) in [7, 11) is -4.22. The fraction of sp³-hybridized carbons (Fsp3) is 0.355. The van der Waals surface area contributed by atoms with Crippen LogP contribution in [0.15, 0.2) is 82.6 Å². The van der Waals surface area contributed by atoms with Gasteiger partial charge in [-0.1, -0.05) is 42.8 Å². The van der Waals surface area contributed by atoms with Gasteiger partial charge in [0, 0.05) is 22.5 Å². The van der Waals surface area contributed by atoms with E-state index in [1.54, 1.807) is 74.5 Å². The van der Waals surface area contributed by atoms with Crippen LogP contribution in [-0.4, -0.2) is 56.6 Å². The van der Waals surface area contributed by atoms with Crippen LogP contribution in [0, 0.1) is 0 Å². The Hall–Kier alpha value is -3.21. The van der Waals surface area contributed by atoms with Gasteiger partial charge in [-0.05, 0) is 87.5 Å². The Kier molecular flexibility index (Phi) is 12.1. The molecule has 0 bridgehead atoms. The highest BCUT2D eigenvalue weighted by molar-refractivity contribution is 7.98. The zero-order valence-corrected chi connectivity index (χ0v) is 26.9. The Bertz CT molecular complexity index is 1450. The molecule has 42 heavy (non-hydrogen) atoms. The van der Waals surface area contributed by atoms with E-state index in [1.807, 2.05) is 20.1 Å². The number of amides is 2. The van der Waals surface area contributed by atoms with Crippen molar-refractivity contribution in [2.75, 3.05) is 23.7 Å². The first-order chi connectivity index (χ1) is 20.0. The van der Waals surface area contributed by atoms with Gasteiger partial charge in [0.2, 0.25) is 11.8 Å². The molecule has 0 radical (unpaired) electrons. The number of nitrogens with one attached hydrogen (secondary N) is 1. The lowest BCUT2D eigenvalue weighted by molar-refractivity contribution is -0.139. The molecule has 0 saturated carbocycles. The van der Waals surface area contributed by atoms with Gasteiger partial charge in [0.15, 0.2) is 0 Å². The molecule has 3 aromatic carbocycles. The van der Waals surface area contributed by atoms with E-state index >= 15 is 0 Å². The summed E-state index contributed by atoms with van der Waals surface area (Å²) in [6, 6.07) is 19.2. The molecule has 0 fully saturated rings. The highest BCUT2D eigenvalue weighted by atomic mass is 35.5. The van der Waals surface area contributed by atoms with Crippen molar-refractivity contribution in [2.45, 2.75) is 62.5 Å².